The third kappa shape index (κ3) is 2.49. The monoisotopic (exact) mass is 380 g/mol. The Morgan fingerprint density at radius 2 is 2.04 bits per heavy atom. The standard InChI is InChI=1S/C20H14F2N4O2/c1-10-18-13(12-7-6-11(21)8-14(12)22)9-17(27)24-19(18)26(25-10)20-23-15-4-2-3-5-16(15)28-20/h2-8,13H,9H2,1H3,(H,24,27)/t13-/m0/s1. The van der Waals surface area contributed by atoms with Crippen LogP contribution < -0.4 is 5.32 Å². The highest BCUT2D eigenvalue weighted by molar-refractivity contribution is 5.95. The molecule has 4 aromatic rings. The topological polar surface area (TPSA) is 73.0 Å². The molecular formula is C20H14F2N4O2. The summed E-state index contributed by atoms with van der Waals surface area (Å²) in [6.45, 7) is 1.77. The van der Waals surface area contributed by atoms with Crippen LogP contribution in [0.5, 0.6) is 0 Å². The third-order valence-electron chi connectivity index (χ3n) is 4.90. The smallest absolute Gasteiger partial charge is 0.325 e. The van der Waals surface area contributed by atoms with Crippen molar-refractivity contribution >= 4 is 22.8 Å². The minimum Gasteiger partial charge on any atom is -0.422 e. The van der Waals surface area contributed by atoms with Gasteiger partial charge in [-0.2, -0.15) is 14.8 Å². The number of hydrogen-bond donors (Lipinski definition) is 1. The molecule has 0 aliphatic carbocycles. The van der Waals surface area contributed by atoms with Crippen molar-refractivity contribution in [1.82, 2.24) is 14.8 Å². The van der Waals surface area contributed by atoms with E-state index in [1.807, 2.05) is 12.1 Å². The van der Waals surface area contributed by atoms with Crippen LogP contribution in [0.2, 0.25) is 0 Å². The van der Waals surface area contributed by atoms with Gasteiger partial charge in [0.2, 0.25) is 5.91 Å². The number of nitrogens with zero attached hydrogens (tertiary/aromatic N) is 3. The second-order valence-corrected chi connectivity index (χ2v) is 6.69. The van der Waals surface area contributed by atoms with E-state index in [9.17, 15) is 13.6 Å². The Balaban J connectivity index is 1.69. The fourth-order valence-corrected chi connectivity index (χ4v) is 3.69. The van der Waals surface area contributed by atoms with Crippen LogP contribution in [0.1, 0.15) is 29.2 Å². The summed E-state index contributed by atoms with van der Waals surface area (Å²) in [6, 6.07) is 10.8. The summed E-state index contributed by atoms with van der Waals surface area (Å²) < 4.78 is 34.9. The highest BCUT2D eigenvalue weighted by Gasteiger charge is 2.35. The Hall–Kier alpha value is -3.55. The Labute approximate surface area is 157 Å². The SMILES string of the molecule is Cc1nn(-c2nc3ccccc3o2)c2c1[C@H](c1ccc(F)cc1F)CC(=O)N2. The van der Waals surface area contributed by atoms with Gasteiger partial charge in [0.1, 0.15) is 23.0 Å². The highest BCUT2D eigenvalue weighted by atomic mass is 19.1. The summed E-state index contributed by atoms with van der Waals surface area (Å²) in [6.07, 6.45) is 0.0373. The summed E-state index contributed by atoms with van der Waals surface area (Å²) in [4.78, 5) is 16.8. The fourth-order valence-electron chi connectivity index (χ4n) is 3.69. The van der Waals surface area contributed by atoms with Gasteiger partial charge in [0.25, 0.3) is 0 Å². The van der Waals surface area contributed by atoms with Crippen LogP contribution >= 0.6 is 0 Å². The number of fused-ring (bicyclic) bond motifs is 2. The van der Waals surface area contributed by atoms with Gasteiger partial charge in [-0.15, -0.1) is 0 Å². The van der Waals surface area contributed by atoms with Gasteiger partial charge in [-0.3, -0.25) is 4.79 Å². The van der Waals surface area contributed by atoms with Crippen molar-refractivity contribution in [2.45, 2.75) is 19.3 Å². The maximum Gasteiger partial charge on any atom is 0.325 e. The number of nitrogens with one attached hydrogen (secondary N) is 1. The molecule has 1 aliphatic rings. The zero-order valence-corrected chi connectivity index (χ0v) is 14.7. The van der Waals surface area contributed by atoms with Crippen LogP contribution in [-0.2, 0) is 4.79 Å². The molecule has 0 unspecified atom stereocenters. The van der Waals surface area contributed by atoms with Gasteiger partial charge in [0, 0.05) is 24.0 Å². The number of oxazole rings is 1. The summed E-state index contributed by atoms with van der Waals surface area (Å²) in [5.41, 5.74) is 2.75. The van der Waals surface area contributed by atoms with Crippen LogP contribution in [0.15, 0.2) is 46.9 Å². The lowest BCUT2D eigenvalue weighted by atomic mass is 9.85. The van der Waals surface area contributed by atoms with Crippen molar-refractivity contribution in [1.29, 1.82) is 0 Å². The maximum absolute atomic E-state index is 14.4. The van der Waals surface area contributed by atoms with Gasteiger partial charge in [-0.25, -0.2) is 8.78 Å². The summed E-state index contributed by atoms with van der Waals surface area (Å²) >= 11 is 0. The summed E-state index contributed by atoms with van der Waals surface area (Å²) in [7, 11) is 0. The summed E-state index contributed by atoms with van der Waals surface area (Å²) in [5, 5.41) is 7.25. The molecule has 1 amide bonds. The van der Waals surface area contributed by atoms with Gasteiger partial charge in [0.05, 0.1) is 5.69 Å². The molecular weight excluding hydrogens is 366 g/mol. The summed E-state index contributed by atoms with van der Waals surface area (Å²) in [5.74, 6) is -1.85. The molecule has 1 atom stereocenters. The van der Waals surface area contributed by atoms with Gasteiger partial charge >= 0.3 is 6.01 Å². The van der Waals surface area contributed by atoms with Gasteiger partial charge < -0.3 is 9.73 Å². The maximum atomic E-state index is 14.4. The van der Waals surface area contributed by atoms with Crippen LogP contribution in [0.3, 0.4) is 0 Å². The molecule has 2 aromatic carbocycles. The molecule has 2 aromatic heterocycles. The van der Waals surface area contributed by atoms with Crippen molar-refractivity contribution < 1.29 is 18.0 Å². The normalized spacial score (nSPS) is 16.2. The van der Waals surface area contributed by atoms with E-state index in [4.69, 9.17) is 4.42 Å². The number of hydrogen-bond acceptors (Lipinski definition) is 4. The quantitative estimate of drug-likeness (QED) is 0.569. The molecule has 1 aliphatic heterocycles. The van der Waals surface area contributed by atoms with E-state index < -0.39 is 17.6 Å². The van der Waals surface area contributed by atoms with Crippen LogP contribution in [0.25, 0.3) is 17.1 Å². The second kappa shape index (κ2) is 5.98. The van der Waals surface area contributed by atoms with E-state index in [2.05, 4.69) is 15.4 Å². The first-order chi connectivity index (χ1) is 13.5. The van der Waals surface area contributed by atoms with Crippen molar-refractivity contribution in [3.05, 3.63) is 70.9 Å². The Kier molecular flexibility index (Phi) is 3.55. The van der Waals surface area contributed by atoms with Crippen LogP contribution in [-0.4, -0.2) is 20.7 Å². The lowest BCUT2D eigenvalue weighted by molar-refractivity contribution is -0.116. The number of anilines is 1. The molecule has 0 fully saturated rings. The van der Waals surface area contributed by atoms with Crippen LogP contribution in [0.4, 0.5) is 14.6 Å². The van der Waals surface area contributed by atoms with Crippen molar-refractivity contribution in [2.24, 2.45) is 0 Å². The van der Waals surface area contributed by atoms with Gasteiger partial charge in [-0.1, -0.05) is 18.2 Å². The Morgan fingerprint density at radius 3 is 2.82 bits per heavy atom. The van der Waals surface area contributed by atoms with Gasteiger partial charge in [-0.05, 0) is 30.7 Å². The number of para-hydroxylation sites is 2. The second-order valence-electron chi connectivity index (χ2n) is 6.69. The molecule has 0 saturated carbocycles. The van der Waals surface area contributed by atoms with E-state index in [-0.39, 0.29) is 23.9 Å². The number of rotatable bonds is 2. The molecule has 3 heterocycles. The van der Waals surface area contributed by atoms with Gasteiger partial charge in [0.15, 0.2) is 5.58 Å². The zero-order chi connectivity index (χ0) is 19.4. The van der Waals surface area contributed by atoms with E-state index in [0.29, 0.717) is 28.2 Å². The first-order valence-electron chi connectivity index (χ1n) is 8.71. The number of aryl methyl sites for hydroxylation is 1. The first-order valence-corrected chi connectivity index (χ1v) is 8.71. The Morgan fingerprint density at radius 1 is 1.21 bits per heavy atom. The number of benzene rings is 2. The average molecular weight is 380 g/mol. The fraction of sp³-hybridized carbons (Fsp3) is 0.150. The molecule has 5 rings (SSSR count). The first kappa shape index (κ1) is 16.6. The van der Waals surface area contributed by atoms with E-state index >= 15 is 0 Å². The molecule has 28 heavy (non-hydrogen) atoms. The predicted molar refractivity (Wildman–Crippen MR) is 97.3 cm³/mol. The van der Waals surface area contributed by atoms with Crippen LogP contribution in [0, 0.1) is 18.6 Å². The highest BCUT2D eigenvalue weighted by Crippen LogP contribution is 2.41. The Bertz CT molecular complexity index is 1210. The zero-order valence-electron chi connectivity index (χ0n) is 14.7. The minimum atomic E-state index is -0.695. The lowest BCUT2D eigenvalue weighted by Gasteiger charge is -2.24. The number of amides is 1. The molecule has 140 valence electrons. The number of aromatic nitrogens is 3. The van der Waals surface area contributed by atoms with E-state index in [1.54, 1.807) is 19.1 Å². The molecule has 8 heteroatoms. The number of halogens is 2. The largest absolute Gasteiger partial charge is 0.422 e. The van der Waals surface area contributed by atoms with Crippen molar-refractivity contribution in [3.8, 4) is 6.01 Å². The lowest BCUT2D eigenvalue weighted by Crippen LogP contribution is -2.25. The molecule has 0 bridgehead atoms. The molecule has 0 saturated heterocycles. The number of carbonyl (C=O) groups is 1. The van der Waals surface area contributed by atoms with Crippen molar-refractivity contribution in [2.75, 3.05) is 5.32 Å². The van der Waals surface area contributed by atoms with E-state index in [1.165, 1.54) is 16.8 Å². The third-order valence-corrected chi connectivity index (χ3v) is 4.90. The average Bonchev–Trinajstić information content (AvgIpc) is 3.22. The number of carbonyl (C=O) groups excluding carboxylic acids is 1. The molecule has 0 radical (unpaired) electrons. The molecule has 6 nitrogen and oxygen atoms in total. The molecule has 0 spiro atoms. The minimum absolute atomic E-state index is 0.0373. The van der Waals surface area contributed by atoms with E-state index in [0.717, 1.165) is 6.07 Å². The predicted octanol–water partition coefficient (Wildman–Crippen LogP) is 4.07. The molecule has 1 N–H and O–H groups in total. The van der Waals surface area contributed by atoms with Crippen molar-refractivity contribution in [3.63, 3.8) is 0 Å².